The molecule has 1 saturated heterocycles. The number of piperazine rings is 1. The van der Waals surface area contributed by atoms with Gasteiger partial charge in [0.1, 0.15) is 17.5 Å². The second kappa shape index (κ2) is 11.7. The van der Waals surface area contributed by atoms with Crippen LogP contribution in [-0.2, 0) is 17.1 Å². The summed E-state index contributed by atoms with van der Waals surface area (Å²) in [4.78, 5) is 39.6. The van der Waals surface area contributed by atoms with Gasteiger partial charge in [0.25, 0.3) is 0 Å². The molecule has 0 aliphatic carbocycles. The molecule has 0 radical (unpaired) electrons. The van der Waals surface area contributed by atoms with Crippen LogP contribution >= 0.6 is 11.8 Å². The number of anilines is 2. The van der Waals surface area contributed by atoms with Gasteiger partial charge in [0.2, 0.25) is 5.91 Å². The number of nitriles is 1. The molecule has 3 aromatic rings. The van der Waals surface area contributed by atoms with E-state index in [-0.39, 0.29) is 17.3 Å². The average molecular weight is 519 g/mol. The molecule has 4 N–H and O–H groups in total. The minimum Gasteiger partial charge on any atom is -0.465 e. The summed E-state index contributed by atoms with van der Waals surface area (Å²) in [6, 6.07) is 14.9. The first-order valence-electron chi connectivity index (χ1n) is 11.6. The van der Waals surface area contributed by atoms with Crippen LogP contribution in [0.2, 0.25) is 0 Å². The standard InChI is InChI=1S/C25H26N8O3S/c1-16(34)28-18-7-5-17(6-8-18)22-21(13-26)23(27)31-24(30-22)37-15-20-4-2-3-19(29-20)14-32-9-11-33(12-10-32)25(35)36/h2-8H,9-12,14-15H2,1H3,(H,28,34)(H,35,36)(H2,27,30,31). The number of aromatic nitrogens is 3. The fraction of sp³-hybridized carbons (Fsp3) is 0.280. The van der Waals surface area contributed by atoms with Crippen molar-refractivity contribution in [2.45, 2.75) is 24.4 Å². The van der Waals surface area contributed by atoms with Gasteiger partial charge in [0.05, 0.1) is 17.1 Å². The lowest BCUT2D eigenvalue weighted by molar-refractivity contribution is -0.114. The van der Waals surface area contributed by atoms with Gasteiger partial charge in [0, 0.05) is 56.7 Å². The minimum atomic E-state index is -0.882. The maximum absolute atomic E-state index is 11.3. The predicted octanol–water partition coefficient (Wildman–Crippen LogP) is 3.04. The Bertz CT molecular complexity index is 1330. The van der Waals surface area contributed by atoms with Crippen LogP contribution in [0.15, 0.2) is 47.6 Å². The van der Waals surface area contributed by atoms with Gasteiger partial charge < -0.3 is 21.1 Å². The Morgan fingerprint density at radius 2 is 1.78 bits per heavy atom. The van der Waals surface area contributed by atoms with Crippen LogP contribution in [-0.4, -0.2) is 68.0 Å². The van der Waals surface area contributed by atoms with Gasteiger partial charge in [-0.1, -0.05) is 30.0 Å². The highest BCUT2D eigenvalue weighted by atomic mass is 32.2. The van der Waals surface area contributed by atoms with Crippen molar-refractivity contribution >= 4 is 35.3 Å². The van der Waals surface area contributed by atoms with E-state index in [0.717, 1.165) is 11.4 Å². The third-order valence-corrected chi connectivity index (χ3v) is 6.63. The van der Waals surface area contributed by atoms with Gasteiger partial charge >= 0.3 is 6.09 Å². The minimum absolute atomic E-state index is 0.100. The number of pyridine rings is 1. The number of amides is 2. The van der Waals surface area contributed by atoms with E-state index in [1.54, 1.807) is 24.3 Å². The van der Waals surface area contributed by atoms with Crippen LogP contribution in [0.5, 0.6) is 0 Å². The largest absolute Gasteiger partial charge is 0.465 e. The monoisotopic (exact) mass is 518 g/mol. The number of hydrogen-bond donors (Lipinski definition) is 3. The predicted molar refractivity (Wildman–Crippen MR) is 140 cm³/mol. The van der Waals surface area contributed by atoms with E-state index in [0.29, 0.717) is 60.6 Å². The number of benzene rings is 1. The first-order chi connectivity index (χ1) is 17.8. The van der Waals surface area contributed by atoms with Crippen LogP contribution in [0, 0.1) is 11.3 Å². The third-order valence-electron chi connectivity index (χ3n) is 5.75. The molecule has 11 nitrogen and oxygen atoms in total. The lowest BCUT2D eigenvalue weighted by atomic mass is 10.1. The van der Waals surface area contributed by atoms with Crippen molar-refractivity contribution in [3.8, 4) is 17.3 Å². The van der Waals surface area contributed by atoms with E-state index in [1.807, 2.05) is 18.2 Å². The van der Waals surface area contributed by atoms with Crippen molar-refractivity contribution in [2.75, 3.05) is 37.2 Å². The number of nitrogen functional groups attached to an aromatic ring is 1. The fourth-order valence-electron chi connectivity index (χ4n) is 3.92. The molecule has 1 aromatic carbocycles. The topological polar surface area (TPSA) is 161 Å². The number of nitrogens with zero attached hydrogens (tertiary/aromatic N) is 6. The number of nitrogens with two attached hydrogens (primary N) is 1. The van der Waals surface area contributed by atoms with Gasteiger partial charge in [-0.05, 0) is 24.3 Å². The number of rotatable bonds is 7. The van der Waals surface area contributed by atoms with Crippen LogP contribution in [0.4, 0.5) is 16.3 Å². The zero-order chi connectivity index (χ0) is 26.4. The molecule has 0 bridgehead atoms. The molecule has 0 unspecified atom stereocenters. The van der Waals surface area contributed by atoms with Crippen molar-refractivity contribution in [2.24, 2.45) is 0 Å². The average Bonchev–Trinajstić information content (AvgIpc) is 2.88. The Labute approximate surface area is 218 Å². The van der Waals surface area contributed by atoms with Crippen LogP contribution in [0.1, 0.15) is 23.9 Å². The number of carbonyl (C=O) groups is 2. The number of carbonyl (C=O) groups excluding carboxylic acids is 1. The zero-order valence-electron chi connectivity index (χ0n) is 20.2. The molecule has 1 aliphatic heterocycles. The lowest BCUT2D eigenvalue weighted by Crippen LogP contribution is -2.47. The Morgan fingerprint density at radius 3 is 2.43 bits per heavy atom. The highest BCUT2D eigenvalue weighted by molar-refractivity contribution is 7.98. The molecule has 2 amide bonds. The van der Waals surface area contributed by atoms with Gasteiger partial charge in [0.15, 0.2) is 5.16 Å². The van der Waals surface area contributed by atoms with Crippen LogP contribution in [0.25, 0.3) is 11.3 Å². The van der Waals surface area contributed by atoms with E-state index in [1.165, 1.54) is 23.6 Å². The van der Waals surface area contributed by atoms with Crippen molar-refractivity contribution in [1.82, 2.24) is 24.8 Å². The molecule has 3 heterocycles. The van der Waals surface area contributed by atoms with E-state index >= 15 is 0 Å². The Kier molecular flexibility index (Phi) is 8.17. The maximum Gasteiger partial charge on any atom is 0.407 e. The molecule has 0 atom stereocenters. The van der Waals surface area contributed by atoms with Crippen molar-refractivity contribution in [3.63, 3.8) is 0 Å². The summed E-state index contributed by atoms with van der Waals surface area (Å²) < 4.78 is 0. The summed E-state index contributed by atoms with van der Waals surface area (Å²) in [7, 11) is 0. The van der Waals surface area contributed by atoms with Gasteiger partial charge in [-0.25, -0.2) is 14.8 Å². The Hall–Kier alpha value is -4.21. The van der Waals surface area contributed by atoms with Gasteiger partial charge in [-0.15, -0.1) is 0 Å². The summed E-state index contributed by atoms with van der Waals surface area (Å²) in [6.45, 7) is 4.38. The van der Waals surface area contributed by atoms with E-state index in [4.69, 9.17) is 15.8 Å². The highest BCUT2D eigenvalue weighted by Gasteiger charge is 2.21. The Morgan fingerprint density at radius 1 is 1.08 bits per heavy atom. The quantitative estimate of drug-likeness (QED) is 0.313. The van der Waals surface area contributed by atoms with E-state index in [9.17, 15) is 14.9 Å². The number of carboxylic acid groups (broad SMARTS) is 1. The van der Waals surface area contributed by atoms with Crippen LogP contribution in [0.3, 0.4) is 0 Å². The molecule has 1 aliphatic rings. The second-order valence-corrected chi connectivity index (χ2v) is 9.38. The summed E-state index contributed by atoms with van der Waals surface area (Å²) in [5.41, 5.74) is 9.78. The van der Waals surface area contributed by atoms with Gasteiger partial charge in [-0.2, -0.15) is 5.26 Å². The number of thioether (sulfide) groups is 1. The molecule has 4 rings (SSSR count). The highest BCUT2D eigenvalue weighted by Crippen LogP contribution is 2.29. The summed E-state index contributed by atoms with van der Waals surface area (Å²) in [5, 5.41) is 21.9. The molecule has 0 saturated carbocycles. The molecule has 0 spiro atoms. The number of hydrogen-bond acceptors (Lipinski definition) is 9. The molecular formula is C25H26N8O3S. The summed E-state index contributed by atoms with van der Waals surface area (Å²) in [6.07, 6.45) is -0.882. The zero-order valence-corrected chi connectivity index (χ0v) is 21.0. The Balaban J connectivity index is 1.44. The smallest absolute Gasteiger partial charge is 0.407 e. The normalized spacial score (nSPS) is 13.7. The number of nitrogens with one attached hydrogen (secondary N) is 1. The molecule has 12 heteroatoms. The molecule has 1 fully saturated rings. The van der Waals surface area contributed by atoms with E-state index < -0.39 is 6.09 Å². The van der Waals surface area contributed by atoms with E-state index in [2.05, 4.69) is 26.3 Å². The summed E-state index contributed by atoms with van der Waals surface area (Å²) in [5.74, 6) is 0.435. The first kappa shape index (κ1) is 25.9. The molecular weight excluding hydrogens is 492 g/mol. The molecule has 37 heavy (non-hydrogen) atoms. The SMILES string of the molecule is CC(=O)Nc1ccc(-c2nc(SCc3cccc(CN4CCN(C(=O)O)CC4)n3)nc(N)c2C#N)cc1. The molecule has 2 aromatic heterocycles. The lowest BCUT2D eigenvalue weighted by Gasteiger charge is -2.32. The molecule has 190 valence electrons. The first-order valence-corrected chi connectivity index (χ1v) is 12.5. The fourth-order valence-corrected chi connectivity index (χ4v) is 4.67. The van der Waals surface area contributed by atoms with Crippen molar-refractivity contribution in [1.29, 1.82) is 5.26 Å². The van der Waals surface area contributed by atoms with Gasteiger partial charge in [-0.3, -0.25) is 14.7 Å². The van der Waals surface area contributed by atoms with Crippen LogP contribution < -0.4 is 11.1 Å². The third kappa shape index (κ3) is 6.72. The second-order valence-electron chi connectivity index (χ2n) is 8.44. The van der Waals surface area contributed by atoms with Crippen molar-refractivity contribution < 1.29 is 14.7 Å². The summed E-state index contributed by atoms with van der Waals surface area (Å²) >= 11 is 1.37. The maximum atomic E-state index is 11.3. The van der Waals surface area contributed by atoms with Crippen molar-refractivity contribution in [3.05, 3.63) is 59.4 Å².